The molecule has 1 saturated carbocycles. The van der Waals surface area contributed by atoms with Gasteiger partial charge in [-0.15, -0.1) is 0 Å². The van der Waals surface area contributed by atoms with Crippen molar-refractivity contribution in [3.05, 3.63) is 71.5 Å². The van der Waals surface area contributed by atoms with Crippen LogP contribution in [-0.4, -0.2) is 36.4 Å². The van der Waals surface area contributed by atoms with E-state index < -0.39 is 0 Å². The Morgan fingerprint density at radius 1 is 0.950 bits per heavy atom. The molecule has 1 aromatic carbocycles. The molecular weight excluding hydrogens is 496 g/mol. The molecule has 1 saturated heterocycles. The summed E-state index contributed by atoms with van der Waals surface area (Å²) in [4.78, 5) is 20.8. The molecule has 0 radical (unpaired) electrons. The summed E-state index contributed by atoms with van der Waals surface area (Å²) >= 11 is 0. The molecule has 3 heterocycles. The van der Waals surface area contributed by atoms with Gasteiger partial charge in [-0.3, -0.25) is 9.79 Å². The van der Waals surface area contributed by atoms with Crippen molar-refractivity contribution in [1.29, 1.82) is 0 Å². The Morgan fingerprint density at radius 3 is 2.77 bits per heavy atom. The molecule has 0 bridgehead atoms. The minimum Gasteiger partial charge on any atom is -0.454 e. The zero-order chi connectivity index (χ0) is 27.1. The van der Waals surface area contributed by atoms with E-state index in [1.165, 1.54) is 35.3 Å². The molecule has 1 amide bonds. The molecule has 5 aliphatic rings. The van der Waals surface area contributed by atoms with Crippen molar-refractivity contribution in [2.45, 2.75) is 83.5 Å². The van der Waals surface area contributed by atoms with Gasteiger partial charge in [-0.1, -0.05) is 36.4 Å². The Balaban J connectivity index is 1.01. The van der Waals surface area contributed by atoms with Crippen LogP contribution in [0.2, 0.25) is 0 Å². The van der Waals surface area contributed by atoms with Crippen molar-refractivity contribution in [3.8, 4) is 11.5 Å². The Morgan fingerprint density at radius 2 is 1.85 bits per heavy atom. The average Bonchev–Trinajstić information content (AvgIpc) is 3.30. The summed E-state index contributed by atoms with van der Waals surface area (Å²) in [5.74, 6) is 3.49. The van der Waals surface area contributed by atoms with Crippen LogP contribution in [0.4, 0.5) is 0 Å². The van der Waals surface area contributed by atoms with Gasteiger partial charge in [0.1, 0.15) is 0 Å². The highest BCUT2D eigenvalue weighted by atomic mass is 16.7. The number of hydrogen-bond acceptors (Lipinski definition) is 4. The lowest BCUT2D eigenvalue weighted by Crippen LogP contribution is -2.38. The number of carbonyl (C=O) groups is 1. The van der Waals surface area contributed by atoms with Crippen molar-refractivity contribution in [1.82, 2.24) is 4.90 Å². The lowest BCUT2D eigenvalue weighted by atomic mass is 9.75. The molecule has 2 fully saturated rings. The van der Waals surface area contributed by atoms with Crippen LogP contribution < -0.4 is 9.47 Å². The van der Waals surface area contributed by atoms with Crippen molar-refractivity contribution in [2.75, 3.05) is 19.9 Å². The van der Waals surface area contributed by atoms with Crippen LogP contribution in [0.1, 0.15) is 82.6 Å². The van der Waals surface area contributed by atoms with Gasteiger partial charge in [0.2, 0.25) is 12.7 Å². The molecule has 5 heteroatoms. The maximum Gasteiger partial charge on any atom is 0.231 e. The number of likely N-dealkylation sites (tertiary alicyclic amines) is 1. The minimum atomic E-state index is 0.181. The van der Waals surface area contributed by atoms with Crippen LogP contribution in [-0.2, 0) is 11.2 Å². The zero-order valence-corrected chi connectivity index (χ0v) is 23.9. The number of benzene rings is 1. The molecule has 0 aromatic heterocycles. The molecular formula is C35H44N2O3. The third kappa shape index (κ3) is 6.45. The number of nitrogens with zero attached hydrogens (tertiary/aromatic N) is 2. The van der Waals surface area contributed by atoms with Crippen molar-refractivity contribution < 1.29 is 14.3 Å². The Labute approximate surface area is 239 Å². The van der Waals surface area contributed by atoms with Gasteiger partial charge >= 0.3 is 0 Å². The van der Waals surface area contributed by atoms with Gasteiger partial charge in [-0.2, -0.15) is 0 Å². The lowest BCUT2D eigenvalue weighted by molar-refractivity contribution is -0.136. The number of amides is 1. The van der Waals surface area contributed by atoms with Gasteiger partial charge in [-0.05, 0) is 124 Å². The number of aryl methyl sites for hydroxylation is 1. The van der Waals surface area contributed by atoms with E-state index in [4.69, 9.17) is 14.5 Å². The molecule has 1 atom stereocenters. The van der Waals surface area contributed by atoms with Crippen molar-refractivity contribution in [3.63, 3.8) is 0 Å². The summed E-state index contributed by atoms with van der Waals surface area (Å²) in [5.41, 5.74) is 5.32. The van der Waals surface area contributed by atoms with Crippen LogP contribution in [0, 0.1) is 17.8 Å². The highest BCUT2D eigenvalue weighted by Gasteiger charge is 2.33. The van der Waals surface area contributed by atoms with E-state index in [9.17, 15) is 4.79 Å². The Hall–Kier alpha value is -3.08. The van der Waals surface area contributed by atoms with Gasteiger partial charge in [-0.25, -0.2) is 0 Å². The number of fused-ring (bicyclic) bond motifs is 2. The first-order chi connectivity index (χ1) is 19.7. The molecule has 1 aromatic rings. The molecule has 5 nitrogen and oxygen atoms in total. The average molecular weight is 541 g/mol. The predicted octanol–water partition coefficient (Wildman–Crippen LogP) is 7.73. The highest BCUT2D eigenvalue weighted by molar-refractivity contribution is 6.13. The smallest absolute Gasteiger partial charge is 0.231 e. The predicted molar refractivity (Wildman–Crippen MR) is 161 cm³/mol. The van der Waals surface area contributed by atoms with E-state index in [-0.39, 0.29) is 5.92 Å². The van der Waals surface area contributed by atoms with Crippen LogP contribution >= 0.6 is 0 Å². The normalized spacial score (nSPS) is 26.8. The van der Waals surface area contributed by atoms with E-state index in [0.29, 0.717) is 24.5 Å². The van der Waals surface area contributed by atoms with Gasteiger partial charge < -0.3 is 14.4 Å². The monoisotopic (exact) mass is 540 g/mol. The molecule has 212 valence electrons. The molecule has 3 aliphatic heterocycles. The molecule has 1 unspecified atom stereocenters. The first-order valence-electron chi connectivity index (χ1n) is 15.7. The Kier molecular flexibility index (Phi) is 8.85. The fourth-order valence-corrected chi connectivity index (χ4v) is 7.18. The second-order valence-electron chi connectivity index (χ2n) is 12.2. The number of rotatable bonds is 5. The van der Waals surface area contributed by atoms with E-state index >= 15 is 0 Å². The van der Waals surface area contributed by atoms with Crippen LogP contribution in [0.3, 0.4) is 0 Å². The molecule has 2 aliphatic carbocycles. The molecule has 0 N–H and O–H groups in total. The summed E-state index contributed by atoms with van der Waals surface area (Å²) in [6.45, 7) is 2.16. The molecule has 0 spiro atoms. The number of ether oxygens (including phenoxy) is 2. The summed E-state index contributed by atoms with van der Waals surface area (Å²) in [6, 6.07) is 6.32. The highest BCUT2D eigenvalue weighted by Crippen LogP contribution is 2.38. The van der Waals surface area contributed by atoms with Gasteiger partial charge in [0.15, 0.2) is 11.5 Å². The SMILES string of the molecule is O=C(C1CCC(C2=CC=CCCC3=CCCC=CN=C32)CC1)N1CCCC(CCc2ccc3c(c2)OCO3)CC1. The van der Waals surface area contributed by atoms with E-state index in [1.54, 1.807) is 0 Å². The fourth-order valence-electron chi connectivity index (χ4n) is 7.18. The topological polar surface area (TPSA) is 51.1 Å². The largest absolute Gasteiger partial charge is 0.454 e. The van der Waals surface area contributed by atoms with Crippen molar-refractivity contribution >= 4 is 11.6 Å². The summed E-state index contributed by atoms with van der Waals surface area (Å²) in [7, 11) is 0. The van der Waals surface area contributed by atoms with Crippen LogP contribution in [0.25, 0.3) is 0 Å². The first kappa shape index (κ1) is 27.1. The maximum atomic E-state index is 13.6. The third-order valence-electron chi connectivity index (χ3n) is 9.56. The van der Waals surface area contributed by atoms with Crippen LogP contribution in [0.5, 0.6) is 11.5 Å². The minimum absolute atomic E-state index is 0.181. The number of allylic oxidation sites excluding steroid dienone is 7. The molecule has 40 heavy (non-hydrogen) atoms. The van der Waals surface area contributed by atoms with Gasteiger partial charge in [0.25, 0.3) is 0 Å². The van der Waals surface area contributed by atoms with Gasteiger partial charge in [0, 0.05) is 25.2 Å². The number of carbonyl (C=O) groups excluding carboxylic acids is 1. The lowest BCUT2D eigenvalue weighted by Gasteiger charge is -2.33. The maximum absolute atomic E-state index is 13.6. The van der Waals surface area contributed by atoms with E-state index in [1.807, 2.05) is 12.3 Å². The number of aliphatic imine (C=N–C) groups is 1. The molecule has 6 rings (SSSR count). The summed E-state index contributed by atoms with van der Waals surface area (Å²) < 4.78 is 11.0. The second kappa shape index (κ2) is 13.1. The quantitative estimate of drug-likeness (QED) is 0.384. The third-order valence-corrected chi connectivity index (χ3v) is 9.56. The Bertz CT molecular complexity index is 1210. The number of hydrogen-bond donors (Lipinski definition) is 0. The second-order valence-corrected chi connectivity index (χ2v) is 12.2. The zero-order valence-electron chi connectivity index (χ0n) is 23.9. The summed E-state index contributed by atoms with van der Waals surface area (Å²) in [5, 5.41) is 0. The summed E-state index contributed by atoms with van der Waals surface area (Å²) in [6.07, 6.45) is 27.6. The van der Waals surface area contributed by atoms with Crippen molar-refractivity contribution in [2.24, 2.45) is 22.7 Å². The fraction of sp³-hybridized carbons (Fsp3) is 0.543. The van der Waals surface area contributed by atoms with Crippen LogP contribution in [0.15, 0.2) is 70.9 Å². The first-order valence-corrected chi connectivity index (χ1v) is 15.7. The van der Waals surface area contributed by atoms with E-state index in [2.05, 4.69) is 47.4 Å². The standard InChI is InChI=1S/C35H44N2O3/c38-35(37-22-7-8-26(20-23-37)12-13-27-14-19-32-33(24-27)40-25-39-32)30-17-15-28(16-18-30)31-11-5-1-3-9-29-10-4-2-6-21-36-34(29)31/h1,5-6,10-11,14,19,21,24,26,28,30H,2-4,7-9,12-13,15-18,20,22-23,25H2. The van der Waals surface area contributed by atoms with E-state index in [0.717, 1.165) is 95.2 Å². The van der Waals surface area contributed by atoms with Gasteiger partial charge in [0.05, 0.1) is 5.71 Å².